The lowest BCUT2D eigenvalue weighted by atomic mass is 10.2. The van der Waals surface area contributed by atoms with E-state index in [0.717, 1.165) is 16.0 Å². The van der Waals surface area contributed by atoms with E-state index < -0.39 is 0 Å². The summed E-state index contributed by atoms with van der Waals surface area (Å²) < 4.78 is 2.89. The second-order valence-corrected chi connectivity index (χ2v) is 6.32. The topological polar surface area (TPSA) is 60.7 Å². The molecule has 0 saturated heterocycles. The monoisotopic (exact) mass is 328 g/mol. The van der Waals surface area contributed by atoms with Gasteiger partial charge in [0, 0.05) is 0 Å². The minimum Gasteiger partial charge on any atom is -0.267 e. The van der Waals surface area contributed by atoms with Crippen molar-refractivity contribution in [2.24, 2.45) is 0 Å². The summed E-state index contributed by atoms with van der Waals surface area (Å²) in [4.78, 5) is 17.2. The maximum Gasteiger partial charge on any atom is 0.275 e. The summed E-state index contributed by atoms with van der Waals surface area (Å²) in [5.74, 6) is 0. The van der Waals surface area contributed by atoms with Gasteiger partial charge in [0.2, 0.25) is 0 Å². The molecule has 0 fully saturated rings. The van der Waals surface area contributed by atoms with Gasteiger partial charge in [-0.3, -0.25) is 9.36 Å². The molecule has 4 rings (SSSR count). The first-order valence-electron chi connectivity index (χ1n) is 6.53. The van der Waals surface area contributed by atoms with Crippen molar-refractivity contribution in [1.82, 2.24) is 19.7 Å². The van der Waals surface area contributed by atoms with Gasteiger partial charge in [0.05, 0.1) is 27.5 Å². The molecule has 3 heterocycles. The number of fused-ring (bicyclic) bond motifs is 3. The SMILES string of the molecule is Cc1ccc(-n2cnc3c(sc4cnnc(Cl)c43)c2=O)cc1. The summed E-state index contributed by atoms with van der Waals surface area (Å²) in [7, 11) is 0. The maximum absolute atomic E-state index is 12.7. The summed E-state index contributed by atoms with van der Waals surface area (Å²) in [6.07, 6.45) is 3.13. The zero-order chi connectivity index (χ0) is 15.3. The van der Waals surface area contributed by atoms with Gasteiger partial charge < -0.3 is 0 Å². The third-order valence-electron chi connectivity index (χ3n) is 3.46. The second-order valence-electron chi connectivity index (χ2n) is 4.91. The van der Waals surface area contributed by atoms with Crippen molar-refractivity contribution in [1.29, 1.82) is 0 Å². The predicted molar refractivity (Wildman–Crippen MR) is 88.1 cm³/mol. The van der Waals surface area contributed by atoms with E-state index in [2.05, 4.69) is 15.2 Å². The van der Waals surface area contributed by atoms with Crippen LogP contribution in [0.3, 0.4) is 0 Å². The minimum absolute atomic E-state index is 0.119. The Morgan fingerprint density at radius 3 is 2.77 bits per heavy atom. The fourth-order valence-electron chi connectivity index (χ4n) is 2.35. The largest absolute Gasteiger partial charge is 0.275 e. The Morgan fingerprint density at radius 2 is 2.00 bits per heavy atom. The molecule has 3 aromatic heterocycles. The lowest BCUT2D eigenvalue weighted by molar-refractivity contribution is 0.966. The van der Waals surface area contributed by atoms with Gasteiger partial charge in [-0.25, -0.2) is 4.98 Å². The first-order chi connectivity index (χ1) is 10.6. The first kappa shape index (κ1) is 13.4. The second kappa shape index (κ2) is 4.86. The van der Waals surface area contributed by atoms with Gasteiger partial charge in [0.1, 0.15) is 11.0 Å². The van der Waals surface area contributed by atoms with Crippen LogP contribution in [0.15, 0.2) is 41.6 Å². The average Bonchev–Trinajstić information content (AvgIpc) is 2.90. The summed E-state index contributed by atoms with van der Waals surface area (Å²) in [6, 6.07) is 7.71. The van der Waals surface area contributed by atoms with Crippen LogP contribution in [0.4, 0.5) is 0 Å². The number of hydrogen-bond donors (Lipinski definition) is 0. The fraction of sp³-hybridized carbons (Fsp3) is 0.0667. The van der Waals surface area contributed by atoms with E-state index in [0.29, 0.717) is 15.6 Å². The van der Waals surface area contributed by atoms with Gasteiger partial charge in [-0.2, -0.15) is 5.10 Å². The van der Waals surface area contributed by atoms with Crippen molar-refractivity contribution >= 4 is 43.2 Å². The summed E-state index contributed by atoms with van der Waals surface area (Å²) in [6.45, 7) is 2.00. The quantitative estimate of drug-likeness (QED) is 0.537. The van der Waals surface area contributed by atoms with Crippen LogP contribution in [0, 0.1) is 6.92 Å². The highest BCUT2D eigenvalue weighted by Crippen LogP contribution is 2.33. The molecular weight excluding hydrogens is 320 g/mol. The highest BCUT2D eigenvalue weighted by atomic mass is 35.5. The minimum atomic E-state index is -0.119. The molecule has 0 bridgehead atoms. The van der Waals surface area contributed by atoms with Gasteiger partial charge in [-0.1, -0.05) is 29.3 Å². The van der Waals surface area contributed by atoms with Gasteiger partial charge in [0.15, 0.2) is 5.15 Å². The lowest BCUT2D eigenvalue weighted by Gasteiger charge is -2.05. The summed E-state index contributed by atoms with van der Waals surface area (Å²) in [5, 5.41) is 8.59. The van der Waals surface area contributed by atoms with Crippen LogP contribution in [-0.4, -0.2) is 19.7 Å². The van der Waals surface area contributed by atoms with Gasteiger partial charge in [-0.05, 0) is 19.1 Å². The van der Waals surface area contributed by atoms with Crippen LogP contribution in [0.1, 0.15) is 5.56 Å². The molecule has 108 valence electrons. The molecule has 0 aliphatic rings. The van der Waals surface area contributed by atoms with E-state index >= 15 is 0 Å². The van der Waals surface area contributed by atoms with E-state index in [1.807, 2.05) is 31.2 Å². The number of benzene rings is 1. The van der Waals surface area contributed by atoms with E-state index in [4.69, 9.17) is 11.6 Å². The van der Waals surface area contributed by atoms with Crippen molar-refractivity contribution < 1.29 is 0 Å². The van der Waals surface area contributed by atoms with Crippen LogP contribution in [0.2, 0.25) is 5.15 Å². The van der Waals surface area contributed by atoms with Crippen molar-refractivity contribution in [2.75, 3.05) is 0 Å². The molecule has 0 saturated carbocycles. The van der Waals surface area contributed by atoms with E-state index in [-0.39, 0.29) is 10.7 Å². The molecule has 0 radical (unpaired) electrons. The molecular formula is C15H9ClN4OS. The molecule has 0 N–H and O–H groups in total. The molecule has 0 atom stereocenters. The van der Waals surface area contributed by atoms with E-state index in [1.165, 1.54) is 22.2 Å². The number of rotatable bonds is 1. The lowest BCUT2D eigenvalue weighted by Crippen LogP contribution is -2.17. The highest BCUT2D eigenvalue weighted by molar-refractivity contribution is 7.25. The fourth-order valence-corrected chi connectivity index (χ4v) is 3.69. The predicted octanol–water partition coefficient (Wildman–Crippen LogP) is 3.35. The highest BCUT2D eigenvalue weighted by Gasteiger charge is 2.15. The maximum atomic E-state index is 12.7. The number of halogens is 1. The first-order valence-corrected chi connectivity index (χ1v) is 7.72. The summed E-state index contributed by atoms with van der Waals surface area (Å²) in [5.41, 5.74) is 2.38. The van der Waals surface area contributed by atoms with Gasteiger partial charge >= 0.3 is 0 Å². The number of hydrogen-bond acceptors (Lipinski definition) is 5. The van der Waals surface area contributed by atoms with Crippen molar-refractivity contribution in [3.8, 4) is 5.69 Å². The third-order valence-corrected chi connectivity index (χ3v) is 4.83. The molecule has 0 unspecified atom stereocenters. The van der Waals surface area contributed by atoms with Crippen molar-refractivity contribution in [2.45, 2.75) is 6.92 Å². The average molecular weight is 329 g/mol. The molecule has 0 amide bonds. The zero-order valence-corrected chi connectivity index (χ0v) is 13.0. The van der Waals surface area contributed by atoms with E-state index in [9.17, 15) is 4.79 Å². The molecule has 0 aliphatic carbocycles. The molecule has 5 nitrogen and oxygen atoms in total. The van der Waals surface area contributed by atoms with Crippen molar-refractivity contribution in [3.05, 3.63) is 57.9 Å². The summed E-state index contributed by atoms with van der Waals surface area (Å²) >= 11 is 7.42. The number of thiophene rings is 1. The van der Waals surface area contributed by atoms with Crippen molar-refractivity contribution in [3.63, 3.8) is 0 Å². The molecule has 4 aromatic rings. The Hall–Kier alpha value is -2.31. The molecule has 22 heavy (non-hydrogen) atoms. The molecule has 1 aromatic carbocycles. The number of aryl methyl sites for hydroxylation is 1. The Kier molecular flexibility index (Phi) is 2.95. The van der Waals surface area contributed by atoms with Crippen LogP contribution in [-0.2, 0) is 0 Å². The van der Waals surface area contributed by atoms with Crippen LogP contribution >= 0.6 is 22.9 Å². The Labute approximate surface area is 133 Å². The third kappa shape index (κ3) is 1.92. The smallest absolute Gasteiger partial charge is 0.267 e. The van der Waals surface area contributed by atoms with Gasteiger partial charge in [-0.15, -0.1) is 16.4 Å². The molecule has 0 aliphatic heterocycles. The Bertz CT molecular complexity index is 1070. The molecule has 0 spiro atoms. The normalized spacial score (nSPS) is 11.4. The van der Waals surface area contributed by atoms with E-state index in [1.54, 1.807) is 6.20 Å². The van der Waals surface area contributed by atoms with Gasteiger partial charge in [0.25, 0.3) is 5.56 Å². The Balaban J connectivity index is 2.06. The number of nitrogens with zero attached hydrogens (tertiary/aromatic N) is 4. The zero-order valence-electron chi connectivity index (χ0n) is 11.4. The van der Waals surface area contributed by atoms with Crippen LogP contribution in [0.5, 0.6) is 0 Å². The number of aromatic nitrogens is 4. The molecule has 7 heteroatoms. The van der Waals surface area contributed by atoms with Crippen LogP contribution in [0.25, 0.3) is 26.0 Å². The van der Waals surface area contributed by atoms with Crippen LogP contribution < -0.4 is 5.56 Å². The Morgan fingerprint density at radius 1 is 1.23 bits per heavy atom. The standard InChI is InChI=1S/C15H9ClN4OS/c1-8-2-4-9(5-3-8)20-7-17-12-11-10(6-18-19-14(11)16)22-13(12)15(20)21/h2-7H,1H3.